The van der Waals surface area contributed by atoms with Gasteiger partial charge in [-0.25, -0.2) is 0 Å². The Labute approximate surface area is 114 Å². The predicted molar refractivity (Wildman–Crippen MR) is 76.6 cm³/mol. The molecule has 0 aliphatic heterocycles. The minimum atomic E-state index is -0.532. The van der Waals surface area contributed by atoms with Crippen molar-refractivity contribution in [2.75, 3.05) is 7.11 Å². The van der Waals surface area contributed by atoms with E-state index < -0.39 is 5.41 Å². The molecule has 0 saturated carbocycles. The highest BCUT2D eigenvalue weighted by Crippen LogP contribution is 2.30. The number of hydrogen-bond donors (Lipinski definition) is 0. The Morgan fingerprint density at radius 3 is 2.32 bits per heavy atom. The smallest absolute Gasteiger partial charge is 0.130 e. The first kappa shape index (κ1) is 13.3. The third kappa shape index (κ3) is 2.84. The average molecular weight is 254 g/mol. The number of carbonyl (C=O) groups is 1. The summed E-state index contributed by atoms with van der Waals surface area (Å²) < 4.78 is 5.36. The monoisotopic (exact) mass is 254 g/mol. The number of rotatable bonds is 5. The standard InChI is InChI=1S/C17H18O2/c1-17(13-18,15-9-4-3-5-10-15)12-14-8-6-7-11-16(14)19-2/h3-11,13H,12H2,1-2H3. The molecule has 0 saturated heterocycles. The molecular weight excluding hydrogens is 236 g/mol. The Kier molecular flexibility index (Phi) is 4.00. The van der Waals surface area contributed by atoms with Crippen molar-refractivity contribution in [2.45, 2.75) is 18.8 Å². The van der Waals surface area contributed by atoms with Crippen LogP contribution in [0.3, 0.4) is 0 Å². The molecule has 0 aromatic heterocycles. The fourth-order valence-corrected chi connectivity index (χ4v) is 2.28. The molecule has 0 fully saturated rings. The largest absolute Gasteiger partial charge is 0.496 e. The maximum Gasteiger partial charge on any atom is 0.130 e. The number of methoxy groups -OCH3 is 1. The van der Waals surface area contributed by atoms with Crippen LogP contribution in [-0.2, 0) is 16.6 Å². The highest BCUT2D eigenvalue weighted by atomic mass is 16.5. The normalized spacial score (nSPS) is 13.6. The summed E-state index contributed by atoms with van der Waals surface area (Å²) >= 11 is 0. The minimum absolute atomic E-state index is 0.532. The first-order chi connectivity index (χ1) is 9.19. The summed E-state index contributed by atoms with van der Waals surface area (Å²) in [6, 6.07) is 17.7. The van der Waals surface area contributed by atoms with E-state index in [0.29, 0.717) is 6.42 Å². The van der Waals surface area contributed by atoms with E-state index in [1.165, 1.54) is 0 Å². The molecule has 2 heteroatoms. The third-order valence-electron chi connectivity index (χ3n) is 3.44. The molecule has 2 aromatic carbocycles. The molecule has 2 aromatic rings. The van der Waals surface area contributed by atoms with Crippen LogP contribution in [0.25, 0.3) is 0 Å². The molecule has 98 valence electrons. The van der Waals surface area contributed by atoms with Crippen molar-refractivity contribution >= 4 is 6.29 Å². The summed E-state index contributed by atoms with van der Waals surface area (Å²) in [7, 11) is 1.65. The SMILES string of the molecule is COc1ccccc1CC(C)(C=O)c1ccccc1. The Hall–Kier alpha value is -2.09. The molecular formula is C17H18O2. The topological polar surface area (TPSA) is 26.3 Å². The van der Waals surface area contributed by atoms with Gasteiger partial charge in [-0.1, -0.05) is 48.5 Å². The summed E-state index contributed by atoms with van der Waals surface area (Å²) in [5.41, 5.74) is 1.54. The van der Waals surface area contributed by atoms with Crippen molar-refractivity contribution in [1.29, 1.82) is 0 Å². The van der Waals surface area contributed by atoms with Crippen LogP contribution in [0.4, 0.5) is 0 Å². The van der Waals surface area contributed by atoms with Gasteiger partial charge in [-0.2, -0.15) is 0 Å². The van der Waals surface area contributed by atoms with E-state index in [1.54, 1.807) is 7.11 Å². The zero-order valence-electron chi connectivity index (χ0n) is 11.3. The lowest BCUT2D eigenvalue weighted by Gasteiger charge is -2.24. The van der Waals surface area contributed by atoms with E-state index in [-0.39, 0.29) is 0 Å². The van der Waals surface area contributed by atoms with Gasteiger partial charge in [0.05, 0.1) is 12.5 Å². The average Bonchev–Trinajstić information content (AvgIpc) is 2.48. The maximum atomic E-state index is 11.6. The van der Waals surface area contributed by atoms with E-state index in [9.17, 15) is 4.79 Å². The van der Waals surface area contributed by atoms with Gasteiger partial charge in [0.15, 0.2) is 0 Å². The van der Waals surface area contributed by atoms with E-state index in [4.69, 9.17) is 4.74 Å². The first-order valence-electron chi connectivity index (χ1n) is 6.33. The molecule has 0 bridgehead atoms. The molecule has 1 unspecified atom stereocenters. The van der Waals surface area contributed by atoms with Gasteiger partial charge in [-0.05, 0) is 30.5 Å². The highest BCUT2D eigenvalue weighted by Gasteiger charge is 2.27. The Balaban J connectivity index is 2.36. The molecule has 0 heterocycles. The van der Waals surface area contributed by atoms with E-state index in [0.717, 1.165) is 23.2 Å². The Morgan fingerprint density at radius 1 is 1.05 bits per heavy atom. The number of benzene rings is 2. The summed E-state index contributed by atoms with van der Waals surface area (Å²) in [4.78, 5) is 11.6. The quantitative estimate of drug-likeness (QED) is 0.764. The molecule has 0 spiro atoms. The molecule has 0 aliphatic carbocycles. The number of hydrogen-bond acceptors (Lipinski definition) is 2. The van der Waals surface area contributed by atoms with Crippen LogP contribution in [0.15, 0.2) is 54.6 Å². The van der Waals surface area contributed by atoms with Crippen molar-refractivity contribution < 1.29 is 9.53 Å². The van der Waals surface area contributed by atoms with Crippen molar-refractivity contribution in [3.05, 3.63) is 65.7 Å². The van der Waals surface area contributed by atoms with Crippen LogP contribution in [0.2, 0.25) is 0 Å². The van der Waals surface area contributed by atoms with Crippen LogP contribution < -0.4 is 4.74 Å². The van der Waals surface area contributed by atoms with Gasteiger partial charge in [0.1, 0.15) is 12.0 Å². The summed E-state index contributed by atoms with van der Waals surface area (Å²) in [5, 5.41) is 0. The lowest BCUT2D eigenvalue weighted by atomic mass is 9.78. The van der Waals surface area contributed by atoms with Gasteiger partial charge in [0.2, 0.25) is 0 Å². The Morgan fingerprint density at radius 2 is 1.68 bits per heavy atom. The van der Waals surface area contributed by atoms with Crippen LogP contribution in [0.5, 0.6) is 5.75 Å². The van der Waals surface area contributed by atoms with Crippen molar-refractivity contribution in [3.63, 3.8) is 0 Å². The van der Waals surface area contributed by atoms with Gasteiger partial charge in [-0.3, -0.25) is 0 Å². The van der Waals surface area contributed by atoms with Gasteiger partial charge in [0, 0.05) is 0 Å². The van der Waals surface area contributed by atoms with E-state index >= 15 is 0 Å². The van der Waals surface area contributed by atoms with Crippen LogP contribution >= 0.6 is 0 Å². The fourth-order valence-electron chi connectivity index (χ4n) is 2.28. The lowest BCUT2D eigenvalue weighted by Crippen LogP contribution is -2.27. The molecule has 0 N–H and O–H groups in total. The van der Waals surface area contributed by atoms with Gasteiger partial charge >= 0.3 is 0 Å². The number of ether oxygens (including phenoxy) is 1. The van der Waals surface area contributed by atoms with Crippen LogP contribution in [0.1, 0.15) is 18.1 Å². The summed E-state index contributed by atoms with van der Waals surface area (Å²) in [6.45, 7) is 1.96. The molecule has 2 rings (SSSR count). The van der Waals surface area contributed by atoms with Crippen molar-refractivity contribution in [1.82, 2.24) is 0 Å². The second-order valence-corrected chi connectivity index (χ2v) is 4.89. The minimum Gasteiger partial charge on any atom is -0.496 e. The first-order valence-corrected chi connectivity index (χ1v) is 6.33. The van der Waals surface area contributed by atoms with Crippen molar-refractivity contribution in [2.24, 2.45) is 0 Å². The highest BCUT2D eigenvalue weighted by molar-refractivity contribution is 5.69. The summed E-state index contributed by atoms with van der Waals surface area (Å²) in [6.07, 6.45) is 1.65. The number of carbonyl (C=O) groups excluding carboxylic acids is 1. The van der Waals surface area contributed by atoms with Crippen LogP contribution in [0, 0.1) is 0 Å². The summed E-state index contributed by atoms with van der Waals surface area (Å²) in [5.74, 6) is 0.825. The molecule has 1 atom stereocenters. The van der Waals surface area contributed by atoms with Crippen LogP contribution in [-0.4, -0.2) is 13.4 Å². The molecule has 0 amide bonds. The molecule has 0 aliphatic rings. The van der Waals surface area contributed by atoms with Crippen molar-refractivity contribution in [3.8, 4) is 5.75 Å². The number of aldehydes is 1. The van der Waals surface area contributed by atoms with Gasteiger partial charge in [-0.15, -0.1) is 0 Å². The van der Waals surface area contributed by atoms with Gasteiger partial charge in [0.25, 0.3) is 0 Å². The molecule has 19 heavy (non-hydrogen) atoms. The van der Waals surface area contributed by atoms with Gasteiger partial charge < -0.3 is 9.53 Å². The maximum absolute atomic E-state index is 11.6. The number of para-hydroxylation sites is 1. The molecule has 2 nitrogen and oxygen atoms in total. The fraction of sp³-hybridized carbons (Fsp3) is 0.235. The second kappa shape index (κ2) is 5.70. The lowest BCUT2D eigenvalue weighted by molar-refractivity contribution is -0.112. The van der Waals surface area contributed by atoms with E-state index in [1.807, 2.05) is 61.5 Å². The third-order valence-corrected chi connectivity index (χ3v) is 3.44. The zero-order valence-corrected chi connectivity index (χ0v) is 11.3. The zero-order chi connectivity index (χ0) is 13.7. The van der Waals surface area contributed by atoms with E-state index in [2.05, 4.69) is 0 Å². The molecule has 0 radical (unpaired) electrons. The predicted octanol–water partition coefficient (Wildman–Crippen LogP) is 3.39. The Bertz CT molecular complexity index is 548. The second-order valence-electron chi connectivity index (χ2n) is 4.89.